The van der Waals surface area contributed by atoms with E-state index in [1.807, 2.05) is 18.5 Å². The summed E-state index contributed by atoms with van der Waals surface area (Å²) < 4.78 is 2.16. The van der Waals surface area contributed by atoms with Crippen LogP contribution in [-0.2, 0) is 6.54 Å². The fourth-order valence-corrected chi connectivity index (χ4v) is 4.57. The highest BCUT2D eigenvalue weighted by atomic mass is 15.3. The molecule has 0 spiro atoms. The van der Waals surface area contributed by atoms with Crippen molar-refractivity contribution in [3.8, 4) is 0 Å². The molecule has 0 radical (unpaired) electrons. The zero-order valence-electron chi connectivity index (χ0n) is 19.4. The van der Waals surface area contributed by atoms with E-state index in [2.05, 4.69) is 72.7 Å². The Morgan fingerprint density at radius 1 is 1.13 bits per heavy atom. The first-order chi connectivity index (χ1) is 14.9. The van der Waals surface area contributed by atoms with E-state index in [1.54, 1.807) is 0 Å². The average molecular weight is 419 g/mol. The fraction of sp³-hybridized carbons (Fsp3) is 0.480. The van der Waals surface area contributed by atoms with Gasteiger partial charge in [-0.25, -0.2) is 4.98 Å². The van der Waals surface area contributed by atoms with Gasteiger partial charge in [-0.05, 0) is 77.8 Å². The van der Waals surface area contributed by atoms with Gasteiger partial charge in [0.15, 0.2) is 0 Å². The normalized spacial score (nSPS) is 17.3. The monoisotopic (exact) mass is 418 g/mol. The second-order valence-electron chi connectivity index (χ2n) is 9.03. The number of rotatable bonds is 6. The Kier molecular flexibility index (Phi) is 6.37. The second-order valence-corrected chi connectivity index (χ2v) is 9.03. The maximum atomic E-state index is 4.80. The molecule has 0 amide bonds. The third-order valence-corrected chi connectivity index (χ3v) is 6.33. The maximum Gasteiger partial charge on any atom is 0.133 e. The van der Waals surface area contributed by atoms with Crippen molar-refractivity contribution < 1.29 is 0 Å². The second kappa shape index (κ2) is 9.18. The molecule has 1 saturated heterocycles. The number of nitrogens with one attached hydrogen (secondary N) is 1. The molecular weight excluding hydrogens is 384 g/mol. The Hall–Kier alpha value is -2.73. The van der Waals surface area contributed by atoms with Crippen molar-refractivity contribution in [2.24, 2.45) is 0 Å². The molecule has 1 fully saturated rings. The van der Waals surface area contributed by atoms with E-state index in [-0.39, 0.29) is 0 Å². The Balaban J connectivity index is 1.42. The molecule has 0 aromatic carbocycles. The number of likely N-dealkylation sites (tertiary alicyclic amines) is 1. The van der Waals surface area contributed by atoms with Crippen molar-refractivity contribution in [3.63, 3.8) is 0 Å². The van der Waals surface area contributed by atoms with E-state index in [0.717, 1.165) is 42.4 Å². The van der Waals surface area contributed by atoms with Crippen LogP contribution in [-0.4, -0.2) is 37.7 Å². The Bertz CT molecular complexity index is 1020. The van der Waals surface area contributed by atoms with E-state index in [4.69, 9.17) is 10.1 Å². The van der Waals surface area contributed by atoms with Crippen LogP contribution in [0.25, 0.3) is 0 Å². The maximum absolute atomic E-state index is 4.80. The van der Waals surface area contributed by atoms with Crippen LogP contribution in [0.4, 0.5) is 11.5 Å². The van der Waals surface area contributed by atoms with Gasteiger partial charge in [-0.2, -0.15) is 5.10 Å². The van der Waals surface area contributed by atoms with Crippen LogP contribution in [0.1, 0.15) is 66.9 Å². The molecule has 1 atom stereocenters. The lowest BCUT2D eigenvalue weighted by Crippen LogP contribution is -2.34. The number of hydrogen-bond donors (Lipinski definition) is 1. The minimum atomic E-state index is 0.396. The van der Waals surface area contributed by atoms with Gasteiger partial charge in [0.1, 0.15) is 5.82 Å². The molecule has 1 N–H and O–H groups in total. The molecule has 0 aliphatic carbocycles. The molecule has 3 aromatic rings. The lowest BCUT2D eigenvalue weighted by molar-refractivity contribution is 0.198. The highest BCUT2D eigenvalue weighted by molar-refractivity contribution is 5.57. The number of aromatic nitrogens is 4. The van der Waals surface area contributed by atoms with Crippen molar-refractivity contribution in [1.29, 1.82) is 0 Å². The molecule has 31 heavy (non-hydrogen) atoms. The number of pyridine rings is 2. The van der Waals surface area contributed by atoms with Crippen LogP contribution < -0.4 is 5.32 Å². The first-order valence-electron chi connectivity index (χ1n) is 11.3. The van der Waals surface area contributed by atoms with Crippen molar-refractivity contribution in [1.82, 2.24) is 24.6 Å². The van der Waals surface area contributed by atoms with E-state index in [0.29, 0.717) is 12.0 Å². The SMILES string of the molecule is Cc1cccnc1Nc1ccc([C@@H]2CCCN(Cc3c(C)nn(C(C)C)c3C)C2)nc1. The quantitative estimate of drug-likeness (QED) is 0.588. The van der Waals surface area contributed by atoms with Crippen molar-refractivity contribution in [2.75, 3.05) is 18.4 Å². The summed E-state index contributed by atoms with van der Waals surface area (Å²) in [6, 6.07) is 8.70. The smallest absolute Gasteiger partial charge is 0.133 e. The summed E-state index contributed by atoms with van der Waals surface area (Å²) in [5.41, 5.74) is 7.12. The van der Waals surface area contributed by atoms with Gasteiger partial charge in [0.2, 0.25) is 0 Å². The number of piperidine rings is 1. The van der Waals surface area contributed by atoms with Gasteiger partial charge in [0, 0.05) is 48.2 Å². The highest BCUT2D eigenvalue weighted by Crippen LogP contribution is 2.29. The number of nitrogens with zero attached hydrogens (tertiary/aromatic N) is 5. The van der Waals surface area contributed by atoms with E-state index >= 15 is 0 Å². The first-order valence-corrected chi connectivity index (χ1v) is 11.3. The van der Waals surface area contributed by atoms with Crippen LogP contribution in [0.15, 0.2) is 36.7 Å². The third kappa shape index (κ3) is 4.79. The Morgan fingerprint density at radius 3 is 2.65 bits per heavy atom. The summed E-state index contributed by atoms with van der Waals surface area (Å²) in [6.45, 7) is 13.9. The van der Waals surface area contributed by atoms with E-state index in [1.165, 1.54) is 29.8 Å². The molecule has 1 aliphatic heterocycles. The van der Waals surface area contributed by atoms with E-state index in [9.17, 15) is 0 Å². The summed E-state index contributed by atoms with van der Waals surface area (Å²) in [5, 5.41) is 8.14. The van der Waals surface area contributed by atoms with Gasteiger partial charge in [-0.3, -0.25) is 14.6 Å². The van der Waals surface area contributed by atoms with Crippen molar-refractivity contribution >= 4 is 11.5 Å². The fourth-order valence-electron chi connectivity index (χ4n) is 4.57. The minimum Gasteiger partial charge on any atom is -0.339 e. The molecular formula is C25H34N6. The third-order valence-electron chi connectivity index (χ3n) is 6.33. The first kappa shape index (κ1) is 21.5. The van der Waals surface area contributed by atoms with Gasteiger partial charge >= 0.3 is 0 Å². The van der Waals surface area contributed by atoms with Crippen LogP contribution in [0.2, 0.25) is 0 Å². The number of anilines is 2. The predicted molar refractivity (Wildman–Crippen MR) is 126 cm³/mol. The zero-order valence-corrected chi connectivity index (χ0v) is 19.4. The van der Waals surface area contributed by atoms with Crippen LogP contribution in [0.3, 0.4) is 0 Å². The molecule has 4 rings (SSSR count). The summed E-state index contributed by atoms with van der Waals surface area (Å²) in [4.78, 5) is 11.8. The molecule has 6 heteroatoms. The average Bonchev–Trinajstić information content (AvgIpc) is 3.05. The molecule has 3 aromatic heterocycles. The largest absolute Gasteiger partial charge is 0.339 e. The molecule has 0 bridgehead atoms. The topological polar surface area (TPSA) is 58.9 Å². The summed E-state index contributed by atoms with van der Waals surface area (Å²) >= 11 is 0. The van der Waals surface area contributed by atoms with Crippen LogP contribution >= 0.6 is 0 Å². The molecule has 164 valence electrons. The van der Waals surface area contributed by atoms with Gasteiger partial charge in [0.25, 0.3) is 0 Å². The summed E-state index contributed by atoms with van der Waals surface area (Å²) in [6.07, 6.45) is 6.14. The molecule has 4 heterocycles. The van der Waals surface area contributed by atoms with Gasteiger partial charge in [-0.1, -0.05) is 6.07 Å². The van der Waals surface area contributed by atoms with Crippen molar-refractivity contribution in [3.05, 3.63) is 64.9 Å². The Morgan fingerprint density at radius 2 is 1.97 bits per heavy atom. The molecule has 0 unspecified atom stereocenters. The lowest BCUT2D eigenvalue weighted by Gasteiger charge is -2.32. The van der Waals surface area contributed by atoms with Gasteiger partial charge < -0.3 is 5.32 Å². The van der Waals surface area contributed by atoms with Gasteiger partial charge in [0.05, 0.1) is 17.6 Å². The van der Waals surface area contributed by atoms with Crippen molar-refractivity contribution in [2.45, 2.75) is 66.0 Å². The number of hydrogen-bond acceptors (Lipinski definition) is 5. The molecule has 1 aliphatic rings. The summed E-state index contributed by atoms with van der Waals surface area (Å²) in [7, 11) is 0. The standard InChI is InChI=1S/C25H34N6/c1-17(2)31-20(5)23(19(4)29-31)16-30-13-7-9-21(15-30)24-11-10-22(14-27-24)28-25-18(3)8-6-12-26-25/h6,8,10-12,14,17,21H,7,9,13,15-16H2,1-5H3,(H,26,28)/t21-/m1/s1. The zero-order chi connectivity index (χ0) is 22.0. The van der Waals surface area contributed by atoms with Crippen LogP contribution in [0, 0.1) is 20.8 Å². The predicted octanol–water partition coefficient (Wildman–Crippen LogP) is 5.30. The molecule has 6 nitrogen and oxygen atoms in total. The Labute approximate surface area is 185 Å². The van der Waals surface area contributed by atoms with Crippen LogP contribution in [0.5, 0.6) is 0 Å². The summed E-state index contributed by atoms with van der Waals surface area (Å²) in [5.74, 6) is 1.36. The highest BCUT2D eigenvalue weighted by Gasteiger charge is 2.24. The number of aryl methyl sites for hydroxylation is 2. The molecule has 0 saturated carbocycles. The lowest BCUT2D eigenvalue weighted by atomic mass is 9.93. The van der Waals surface area contributed by atoms with Gasteiger partial charge in [-0.15, -0.1) is 0 Å². The minimum absolute atomic E-state index is 0.396. The van der Waals surface area contributed by atoms with E-state index < -0.39 is 0 Å².